The van der Waals surface area contributed by atoms with Gasteiger partial charge in [0.05, 0.1) is 18.8 Å². The molecule has 0 spiro atoms. The van der Waals surface area contributed by atoms with E-state index in [-0.39, 0.29) is 11.7 Å². The molecule has 1 aromatic carbocycles. The molecular formula is C15H18FN5O. The normalized spacial score (nSPS) is 16.6. The fraction of sp³-hybridized carbons (Fsp3) is 0.400. The van der Waals surface area contributed by atoms with Gasteiger partial charge in [0, 0.05) is 25.0 Å². The molecular weight excluding hydrogens is 285 g/mol. The highest BCUT2D eigenvalue weighted by Gasteiger charge is 2.22. The number of carbonyl (C=O) groups excluding carboxylic acids is 1. The monoisotopic (exact) mass is 303 g/mol. The third-order valence-corrected chi connectivity index (χ3v) is 3.87. The van der Waals surface area contributed by atoms with Crippen LogP contribution in [0.2, 0.25) is 0 Å². The number of nitrogens with one attached hydrogen (secondary N) is 1. The van der Waals surface area contributed by atoms with Gasteiger partial charge in [0.2, 0.25) is 5.91 Å². The van der Waals surface area contributed by atoms with Gasteiger partial charge >= 0.3 is 0 Å². The maximum Gasteiger partial charge on any atom is 0.238 e. The summed E-state index contributed by atoms with van der Waals surface area (Å²) in [5.74, 6) is -0.390. The van der Waals surface area contributed by atoms with E-state index in [2.05, 4.69) is 20.5 Å². The number of halogens is 1. The number of amides is 1. The minimum Gasteiger partial charge on any atom is -0.325 e. The Morgan fingerprint density at radius 1 is 1.27 bits per heavy atom. The number of aromatic nitrogens is 3. The van der Waals surface area contributed by atoms with Gasteiger partial charge in [-0.05, 0) is 37.1 Å². The summed E-state index contributed by atoms with van der Waals surface area (Å²) in [4.78, 5) is 14.1. The summed E-state index contributed by atoms with van der Waals surface area (Å²) >= 11 is 0. The molecule has 116 valence electrons. The first-order valence-electron chi connectivity index (χ1n) is 7.34. The molecule has 1 aliphatic rings. The topological polar surface area (TPSA) is 63.1 Å². The summed E-state index contributed by atoms with van der Waals surface area (Å²) in [6.45, 7) is 2.05. The average molecular weight is 303 g/mol. The molecule has 1 aliphatic heterocycles. The fourth-order valence-electron chi connectivity index (χ4n) is 2.69. The lowest BCUT2D eigenvalue weighted by Gasteiger charge is -2.31. The second kappa shape index (κ2) is 6.65. The van der Waals surface area contributed by atoms with E-state index in [1.807, 2.05) is 10.9 Å². The lowest BCUT2D eigenvalue weighted by molar-refractivity contribution is -0.117. The molecule has 0 radical (unpaired) electrons. The Morgan fingerprint density at radius 3 is 2.64 bits per heavy atom. The predicted octanol–water partition coefficient (Wildman–Crippen LogP) is 1.69. The zero-order chi connectivity index (χ0) is 15.4. The highest BCUT2D eigenvalue weighted by atomic mass is 19.1. The van der Waals surface area contributed by atoms with Gasteiger partial charge in [-0.15, -0.1) is 5.10 Å². The third-order valence-electron chi connectivity index (χ3n) is 3.87. The van der Waals surface area contributed by atoms with Gasteiger partial charge in [-0.3, -0.25) is 9.69 Å². The lowest BCUT2D eigenvalue weighted by atomic mass is 10.1. The molecule has 2 heterocycles. The number of anilines is 1. The molecule has 1 aromatic heterocycles. The maximum atomic E-state index is 12.8. The Hall–Kier alpha value is -2.28. The Labute approximate surface area is 127 Å². The summed E-state index contributed by atoms with van der Waals surface area (Å²) in [6, 6.07) is 6.14. The number of rotatable bonds is 4. The predicted molar refractivity (Wildman–Crippen MR) is 79.8 cm³/mol. The summed E-state index contributed by atoms with van der Waals surface area (Å²) in [5.41, 5.74) is 0.615. The van der Waals surface area contributed by atoms with Crippen molar-refractivity contribution in [3.8, 4) is 0 Å². The molecule has 3 rings (SSSR count). The van der Waals surface area contributed by atoms with Crippen LogP contribution in [0, 0.1) is 5.82 Å². The number of piperidine rings is 1. The van der Waals surface area contributed by atoms with Crippen molar-refractivity contribution in [2.75, 3.05) is 25.0 Å². The van der Waals surface area contributed by atoms with Gasteiger partial charge in [-0.25, -0.2) is 9.07 Å². The van der Waals surface area contributed by atoms with Crippen molar-refractivity contribution >= 4 is 11.6 Å². The van der Waals surface area contributed by atoms with E-state index in [4.69, 9.17) is 0 Å². The summed E-state index contributed by atoms with van der Waals surface area (Å²) in [7, 11) is 0. The van der Waals surface area contributed by atoms with Crippen LogP contribution in [-0.2, 0) is 4.79 Å². The number of hydrogen-bond acceptors (Lipinski definition) is 4. The lowest BCUT2D eigenvalue weighted by Crippen LogP contribution is -2.39. The van der Waals surface area contributed by atoms with Crippen molar-refractivity contribution in [2.45, 2.75) is 18.9 Å². The molecule has 1 saturated heterocycles. The van der Waals surface area contributed by atoms with Gasteiger partial charge in [-0.2, -0.15) is 0 Å². The van der Waals surface area contributed by atoms with Crippen LogP contribution in [0.25, 0.3) is 0 Å². The highest BCUT2D eigenvalue weighted by Crippen LogP contribution is 2.20. The first kappa shape index (κ1) is 14.6. The van der Waals surface area contributed by atoms with E-state index in [0.717, 1.165) is 25.9 Å². The van der Waals surface area contributed by atoms with Crippen LogP contribution in [0.5, 0.6) is 0 Å². The summed E-state index contributed by atoms with van der Waals surface area (Å²) < 4.78 is 14.7. The van der Waals surface area contributed by atoms with Crippen molar-refractivity contribution in [3.63, 3.8) is 0 Å². The van der Waals surface area contributed by atoms with Crippen LogP contribution >= 0.6 is 0 Å². The Morgan fingerprint density at radius 2 is 2.00 bits per heavy atom. The third kappa shape index (κ3) is 3.67. The molecule has 1 fully saturated rings. The van der Waals surface area contributed by atoms with Crippen molar-refractivity contribution in [3.05, 3.63) is 42.5 Å². The molecule has 0 unspecified atom stereocenters. The summed E-state index contributed by atoms with van der Waals surface area (Å²) in [6.07, 6.45) is 5.46. The molecule has 0 bridgehead atoms. The molecule has 0 aliphatic carbocycles. The highest BCUT2D eigenvalue weighted by molar-refractivity contribution is 5.92. The largest absolute Gasteiger partial charge is 0.325 e. The van der Waals surface area contributed by atoms with Gasteiger partial charge in [0.25, 0.3) is 0 Å². The minimum atomic E-state index is -0.312. The molecule has 22 heavy (non-hydrogen) atoms. The zero-order valence-corrected chi connectivity index (χ0v) is 12.2. The Bertz CT molecular complexity index is 605. The van der Waals surface area contributed by atoms with Crippen LogP contribution < -0.4 is 5.32 Å². The Kier molecular flexibility index (Phi) is 4.43. The van der Waals surface area contributed by atoms with E-state index < -0.39 is 0 Å². The first-order valence-corrected chi connectivity index (χ1v) is 7.34. The number of hydrogen-bond donors (Lipinski definition) is 1. The smallest absolute Gasteiger partial charge is 0.238 e. The summed E-state index contributed by atoms with van der Waals surface area (Å²) in [5, 5.41) is 10.6. The number of likely N-dealkylation sites (tertiary alicyclic amines) is 1. The molecule has 0 saturated carbocycles. The van der Waals surface area contributed by atoms with Crippen LogP contribution in [-0.4, -0.2) is 45.4 Å². The molecule has 1 N–H and O–H groups in total. The van der Waals surface area contributed by atoms with Crippen molar-refractivity contribution in [1.82, 2.24) is 19.9 Å². The average Bonchev–Trinajstić information content (AvgIpc) is 3.05. The quantitative estimate of drug-likeness (QED) is 0.933. The molecule has 0 atom stereocenters. The van der Waals surface area contributed by atoms with Crippen molar-refractivity contribution < 1.29 is 9.18 Å². The molecule has 6 nitrogen and oxygen atoms in total. The zero-order valence-electron chi connectivity index (χ0n) is 12.2. The van der Waals surface area contributed by atoms with Crippen LogP contribution in [0.1, 0.15) is 18.9 Å². The van der Waals surface area contributed by atoms with Gasteiger partial charge in [0.1, 0.15) is 5.82 Å². The van der Waals surface area contributed by atoms with Crippen molar-refractivity contribution in [1.29, 1.82) is 0 Å². The Balaban J connectivity index is 1.46. The first-order chi connectivity index (χ1) is 10.7. The molecule has 1 amide bonds. The van der Waals surface area contributed by atoms with E-state index in [1.165, 1.54) is 12.1 Å². The number of benzene rings is 1. The maximum absolute atomic E-state index is 12.8. The molecule has 7 heteroatoms. The number of nitrogens with zero attached hydrogens (tertiary/aromatic N) is 4. The second-order valence-corrected chi connectivity index (χ2v) is 5.45. The second-order valence-electron chi connectivity index (χ2n) is 5.45. The van der Waals surface area contributed by atoms with Crippen LogP contribution in [0.3, 0.4) is 0 Å². The molecule has 2 aromatic rings. The number of carbonyl (C=O) groups is 1. The van der Waals surface area contributed by atoms with Crippen molar-refractivity contribution in [2.24, 2.45) is 0 Å². The minimum absolute atomic E-state index is 0.0779. The standard InChI is InChI=1S/C15H18FN5O/c16-12-1-3-13(4-2-12)18-15(22)11-20-8-5-14(6-9-20)21-10-7-17-19-21/h1-4,7,10,14H,5-6,8-9,11H2,(H,18,22). The van der Waals surface area contributed by atoms with E-state index in [9.17, 15) is 9.18 Å². The van der Waals surface area contributed by atoms with E-state index in [0.29, 0.717) is 18.3 Å². The van der Waals surface area contributed by atoms with Gasteiger partial charge < -0.3 is 5.32 Å². The van der Waals surface area contributed by atoms with E-state index in [1.54, 1.807) is 18.3 Å². The van der Waals surface area contributed by atoms with Crippen LogP contribution in [0.15, 0.2) is 36.7 Å². The van der Waals surface area contributed by atoms with Crippen LogP contribution in [0.4, 0.5) is 10.1 Å². The fourth-order valence-corrected chi connectivity index (χ4v) is 2.69. The van der Waals surface area contributed by atoms with E-state index >= 15 is 0 Å². The SMILES string of the molecule is O=C(CN1CCC(n2ccnn2)CC1)Nc1ccc(F)cc1. The van der Waals surface area contributed by atoms with Gasteiger partial charge in [0.15, 0.2) is 0 Å². The van der Waals surface area contributed by atoms with Gasteiger partial charge in [-0.1, -0.05) is 5.21 Å².